The third-order valence-electron chi connectivity index (χ3n) is 4.45. The van der Waals surface area contributed by atoms with Gasteiger partial charge in [0, 0.05) is 17.5 Å². The van der Waals surface area contributed by atoms with E-state index in [0.29, 0.717) is 6.54 Å². The summed E-state index contributed by atoms with van der Waals surface area (Å²) in [4.78, 5) is 35.4. The number of carbonyl (C=O) groups excluding carboxylic acids is 3. The summed E-state index contributed by atoms with van der Waals surface area (Å²) in [5.41, 5.74) is 4.09. The first-order valence-corrected chi connectivity index (χ1v) is 8.78. The lowest BCUT2D eigenvalue weighted by Crippen LogP contribution is -2.44. The van der Waals surface area contributed by atoms with E-state index in [2.05, 4.69) is 16.7 Å². The van der Waals surface area contributed by atoms with Gasteiger partial charge in [-0.15, -0.1) is 0 Å². The van der Waals surface area contributed by atoms with E-state index in [1.165, 1.54) is 18.1 Å². The van der Waals surface area contributed by atoms with E-state index in [0.717, 1.165) is 35.8 Å². The lowest BCUT2D eigenvalue weighted by atomic mass is 10.0. The molecule has 0 bridgehead atoms. The van der Waals surface area contributed by atoms with Crippen LogP contribution in [0.25, 0.3) is 11.0 Å². The Balaban J connectivity index is 1.62. The quantitative estimate of drug-likeness (QED) is 0.799. The fourth-order valence-electron chi connectivity index (χ4n) is 3.15. The number of hydrogen-bond acceptors (Lipinski definition) is 5. The molecule has 7 heteroatoms. The molecule has 2 aromatic rings. The largest absolute Gasteiger partial charge is 0.464 e. The van der Waals surface area contributed by atoms with Gasteiger partial charge < -0.3 is 14.5 Å². The van der Waals surface area contributed by atoms with Gasteiger partial charge >= 0.3 is 12.0 Å². The average Bonchev–Trinajstić information content (AvgIpc) is 3.19. The molecular formula is C19H22N2O5. The molecule has 0 aliphatic heterocycles. The maximum atomic E-state index is 12.2. The summed E-state index contributed by atoms with van der Waals surface area (Å²) in [6, 6.07) is 3.50. The molecule has 1 heterocycles. The molecule has 0 saturated carbocycles. The Morgan fingerprint density at radius 1 is 1.23 bits per heavy atom. The smallest absolute Gasteiger partial charge is 0.321 e. The average molecular weight is 358 g/mol. The molecule has 7 nitrogen and oxygen atoms in total. The maximum absolute atomic E-state index is 12.2. The summed E-state index contributed by atoms with van der Waals surface area (Å²) in [5, 5.41) is 5.46. The molecule has 0 fully saturated rings. The lowest BCUT2D eigenvalue weighted by Gasteiger charge is -2.12. The second kappa shape index (κ2) is 7.59. The van der Waals surface area contributed by atoms with Crippen LogP contribution in [-0.4, -0.2) is 30.6 Å². The zero-order valence-electron chi connectivity index (χ0n) is 14.9. The van der Waals surface area contributed by atoms with E-state index in [-0.39, 0.29) is 6.42 Å². The normalized spacial score (nSPS) is 13.9. The second-order valence-corrected chi connectivity index (χ2v) is 6.39. The van der Waals surface area contributed by atoms with Gasteiger partial charge in [0.05, 0.1) is 12.7 Å². The van der Waals surface area contributed by atoms with Gasteiger partial charge in [0.2, 0.25) is 0 Å². The van der Waals surface area contributed by atoms with Crippen molar-refractivity contribution in [3.05, 3.63) is 35.1 Å². The minimum Gasteiger partial charge on any atom is -0.464 e. The molecule has 0 saturated heterocycles. The van der Waals surface area contributed by atoms with E-state index < -0.39 is 24.0 Å². The minimum atomic E-state index is -1.06. The summed E-state index contributed by atoms with van der Waals surface area (Å²) in [6.07, 6.45) is 3.73. The van der Waals surface area contributed by atoms with Crippen LogP contribution in [0.15, 0.2) is 22.8 Å². The second-order valence-electron chi connectivity index (χ2n) is 6.39. The van der Waals surface area contributed by atoms with E-state index >= 15 is 0 Å². The Kier molecular flexibility index (Phi) is 5.25. The van der Waals surface area contributed by atoms with Crippen LogP contribution in [0.5, 0.6) is 0 Å². The molecule has 1 aromatic heterocycles. The van der Waals surface area contributed by atoms with Crippen LogP contribution in [-0.2, 0) is 33.6 Å². The van der Waals surface area contributed by atoms with E-state index in [1.54, 1.807) is 13.2 Å². The number of ether oxygens (including phenoxy) is 1. The summed E-state index contributed by atoms with van der Waals surface area (Å²) >= 11 is 0. The summed E-state index contributed by atoms with van der Waals surface area (Å²) in [7, 11) is 0. The van der Waals surface area contributed by atoms with Crippen molar-refractivity contribution in [1.29, 1.82) is 0 Å². The van der Waals surface area contributed by atoms with Crippen molar-refractivity contribution < 1.29 is 23.5 Å². The molecule has 3 amide bonds. The van der Waals surface area contributed by atoms with Gasteiger partial charge in [0.1, 0.15) is 5.58 Å². The van der Waals surface area contributed by atoms with Gasteiger partial charge in [-0.25, -0.2) is 4.79 Å². The van der Waals surface area contributed by atoms with Crippen molar-refractivity contribution in [1.82, 2.24) is 10.6 Å². The van der Waals surface area contributed by atoms with Crippen molar-refractivity contribution in [2.24, 2.45) is 0 Å². The number of nitrogens with one attached hydrogen (secondary N) is 2. The molecule has 138 valence electrons. The molecule has 0 unspecified atom stereocenters. The highest BCUT2D eigenvalue weighted by Crippen LogP contribution is 2.30. The molecule has 2 N–H and O–H groups in total. The number of furan rings is 1. The van der Waals surface area contributed by atoms with Crippen molar-refractivity contribution in [2.45, 2.75) is 45.6 Å². The van der Waals surface area contributed by atoms with Crippen molar-refractivity contribution in [2.75, 3.05) is 6.54 Å². The number of aryl methyl sites for hydroxylation is 2. The standard InChI is InChI=1S/C19H22N2O5/c1-3-20-19(24)21-18(23)11(2)26-17(22)9-14-10-25-16-8-13-6-4-5-12(13)7-15(14)16/h7-8,10-11H,3-6,9H2,1-2H3,(H2,20,21,23,24)/t11-/m0/s1. The van der Waals surface area contributed by atoms with E-state index in [4.69, 9.17) is 9.15 Å². The number of rotatable bonds is 5. The predicted octanol–water partition coefficient (Wildman–Crippen LogP) is 2.24. The topological polar surface area (TPSA) is 97.6 Å². The van der Waals surface area contributed by atoms with Crippen molar-refractivity contribution >= 4 is 28.9 Å². The first-order chi connectivity index (χ1) is 12.5. The Morgan fingerprint density at radius 3 is 2.69 bits per heavy atom. The van der Waals surface area contributed by atoms with Gasteiger partial charge in [0.25, 0.3) is 5.91 Å². The van der Waals surface area contributed by atoms with Crippen molar-refractivity contribution in [3.8, 4) is 0 Å². The van der Waals surface area contributed by atoms with Crippen LogP contribution < -0.4 is 10.6 Å². The maximum Gasteiger partial charge on any atom is 0.321 e. The molecule has 0 spiro atoms. The van der Waals surface area contributed by atoms with Gasteiger partial charge in [-0.05, 0) is 56.4 Å². The highest BCUT2D eigenvalue weighted by molar-refractivity contribution is 5.97. The number of benzene rings is 1. The van der Waals surface area contributed by atoms with Crippen LogP contribution in [0.2, 0.25) is 0 Å². The molecule has 1 aliphatic rings. The van der Waals surface area contributed by atoms with Gasteiger partial charge in [0.15, 0.2) is 6.10 Å². The molecular weight excluding hydrogens is 336 g/mol. The zero-order chi connectivity index (χ0) is 18.7. The molecule has 3 rings (SSSR count). The Bertz CT molecular complexity index is 855. The Morgan fingerprint density at radius 2 is 1.96 bits per heavy atom. The monoisotopic (exact) mass is 358 g/mol. The predicted molar refractivity (Wildman–Crippen MR) is 94.7 cm³/mol. The van der Waals surface area contributed by atoms with Crippen LogP contribution in [0.3, 0.4) is 0 Å². The van der Waals surface area contributed by atoms with E-state index in [1.807, 2.05) is 6.07 Å². The van der Waals surface area contributed by atoms with Gasteiger partial charge in [-0.3, -0.25) is 14.9 Å². The fourth-order valence-corrected chi connectivity index (χ4v) is 3.15. The first kappa shape index (κ1) is 18.0. The molecule has 1 aliphatic carbocycles. The minimum absolute atomic E-state index is 0.00453. The molecule has 0 radical (unpaired) electrons. The number of urea groups is 1. The van der Waals surface area contributed by atoms with Crippen LogP contribution in [0.1, 0.15) is 37.0 Å². The molecule has 1 atom stereocenters. The zero-order valence-corrected chi connectivity index (χ0v) is 14.9. The number of carbonyl (C=O) groups is 3. The Hall–Kier alpha value is -2.83. The first-order valence-electron chi connectivity index (χ1n) is 8.78. The number of hydrogen-bond donors (Lipinski definition) is 2. The number of esters is 1. The number of amides is 3. The lowest BCUT2D eigenvalue weighted by molar-refractivity contribution is -0.153. The third-order valence-corrected chi connectivity index (χ3v) is 4.45. The van der Waals surface area contributed by atoms with Crippen LogP contribution >= 0.6 is 0 Å². The fraction of sp³-hybridized carbons (Fsp3) is 0.421. The highest BCUT2D eigenvalue weighted by atomic mass is 16.5. The Labute approximate surface area is 151 Å². The summed E-state index contributed by atoms with van der Waals surface area (Å²) < 4.78 is 10.7. The van der Waals surface area contributed by atoms with E-state index in [9.17, 15) is 14.4 Å². The van der Waals surface area contributed by atoms with Crippen LogP contribution in [0.4, 0.5) is 4.79 Å². The number of fused-ring (bicyclic) bond motifs is 2. The van der Waals surface area contributed by atoms with Gasteiger partial charge in [-0.1, -0.05) is 0 Å². The van der Waals surface area contributed by atoms with Gasteiger partial charge in [-0.2, -0.15) is 0 Å². The highest BCUT2D eigenvalue weighted by Gasteiger charge is 2.22. The van der Waals surface area contributed by atoms with Crippen LogP contribution in [0, 0.1) is 0 Å². The van der Waals surface area contributed by atoms with Crippen molar-refractivity contribution in [3.63, 3.8) is 0 Å². The molecule has 1 aromatic carbocycles. The number of imide groups is 1. The molecule has 26 heavy (non-hydrogen) atoms. The summed E-state index contributed by atoms with van der Waals surface area (Å²) in [5.74, 6) is -1.22. The summed E-state index contributed by atoms with van der Waals surface area (Å²) in [6.45, 7) is 3.55. The SMILES string of the molecule is CCNC(=O)NC(=O)[C@H](C)OC(=O)Cc1coc2cc3c(cc12)CCC3. The third kappa shape index (κ3) is 3.87.